The van der Waals surface area contributed by atoms with Crippen LogP contribution in [0.15, 0.2) is 18.2 Å². The van der Waals surface area contributed by atoms with Crippen molar-refractivity contribution >= 4 is 0 Å². The number of benzene rings is 1. The van der Waals surface area contributed by atoms with E-state index in [9.17, 15) is 0 Å². The van der Waals surface area contributed by atoms with E-state index in [1.54, 1.807) is 7.11 Å². The lowest BCUT2D eigenvalue weighted by Gasteiger charge is -2.11. The van der Waals surface area contributed by atoms with E-state index in [0.717, 1.165) is 50.6 Å². The Kier molecular flexibility index (Phi) is 8.83. The molecule has 0 aliphatic rings. The molecule has 1 aromatic carbocycles. The van der Waals surface area contributed by atoms with Gasteiger partial charge in [0, 0.05) is 19.8 Å². The number of rotatable bonds is 11. The predicted molar refractivity (Wildman–Crippen MR) is 81.6 cm³/mol. The van der Waals surface area contributed by atoms with Gasteiger partial charge in [0.05, 0.1) is 13.7 Å². The molecule has 0 radical (unpaired) electrons. The minimum atomic E-state index is 0.645. The molecular weight excluding hydrogens is 254 g/mol. The van der Waals surface area contributed by atoms with Gasteiger partial charge in [0.25, 0.3) is 0 Å². The van der Waals surface area contributed by atoms with Gasteiger partial charge in [-0.3, -0.25) is 0 Å². The number of nitrogens with one attached hydrogen (secondary N) is 1. The van der Waals surface area contributed by atoms with Crippen molar-refractivity contribution in [3.63, 3.8) is 0 Å². The molecule has 0 aliphatic heterocycles. The quantitative estimate of drug-likeness (QED) is 0.633. The summed E-state index contributed by atoms with van der Waals surface area (Å²) in [6.45, 7) is 8.21. The normalized spacial score (nSPS) is 10.6. The topological polar surface area (TPSA) is 39.7 Å². The van der Waals surface area contributed by atoms with Crippen LogP contribution in [0.25, 0.3) is 0 Å². The van der Waals surface area contributed by atoms with Gasteiger partial charge in [-0.25, -0.2) is 0 Å². The van der Waals surface area contributed by atoms with Gasteiger partial charge < -0.3 is 19.5 Å². The van der Waals surface area contributed by atoms with Crippen molar-refractivity contribution in [3.8, 4) is 11.5 Å². The fourth-order valence-corrected chi connectivity index (χ4v) is 1.88. The lowest BCUT2D eigenvalue weighted by atomic mass is 10.2. The first kappa shape index (κ1) is 16.8. The summed E-state index contributed by atoms with van der Waals surface area (Å²) in [4.78, 5) is 0. The summed E-state index contributed by atoms with van der Waals surface area (Å²) >= 11 is 0. The zero-order valence-corrected chi connectivity index (χ0v) is 12.9. The highest BCUT2D eigenvalue weighted by Crippen LogP contribution is 2.27. The Morgan fingerprint density at radius 2 is 1.95 bits per heavy atom. The zero-order valence-electron chi connectivity index (χ0n) is 12.9. The van der Waals surface area contributed by atoms with E-state index in [2.05, 4.69) is 18.3 Å². The van der Waals surface area contributed by atoms with Crippen LogP contribution >= 0.6 is 0 Å². The molecule has 4 nitrogen and oxygen atoms in total. The molecule has 1 rings (SSSR count). The van der Waals surface area contributed by atoms with Crippen LogP contribution in [0.3, 0.4) is 0 Å². The molecule has 0 unspecified atom stereocenters. The minimum absolute atomic E-state index is 0.645. The Morgan fingerprint density at radius 1 is 1.10 bits per heavy atom. The lowest BCUT2D eigenvalue weighted by Crippen LogP contribution is -2.16. The summed E-state index contributed by atoms with van der Waals surface area (Å²) in [5.74, 6) is 1.59. The molecule has 0 heterocycles. The molecule has 0 saturated heterocycles. The van der Waals surface area contributed by atoms with Crippen LogP contribution in [0.5, 0.6) is 11.5 Å². The highest BCUT2D eigenvalue weighted by Gasteiger charge is 2.04. The van der Waals surface area contributed by atoms with E-state index in [1.165, 1.54) is 5.56 Å². The first-order valence-electron chi connectivity index (χ1n) is 7.40. The van der Waals surface area contributed by atoms with Crippen molar-refractivity contribution in [1.29, 1.82) is 0 Å². The van der Waals surface area contributed by atoms with E-state index < -0.39 is 0 Å². The molecule has 4 heteroatoms. The summed E-state index contributed by atoms with van der Waals surface area (Å²) in [5.41, 5.74) is 1.19. The summed E-state index contributed by atoms with van der Waals surface area (Å²) < 4.78 is 16.3. The van der Waals surface area contributed by atoms with Gasteiger partial charge in [0.2, 0.25) is 0 Å². The van der Waals surface area contributed by atoms with Gasteiger partial charge in [0.15, 0.2) is 11.5 Å². The standard InChI is InChI=1S/C16H27NO3/c1-4-10-19-11-6-9-17-13-14-7-8-15(20-5-2)16(12-14)18-3/h7-8,12,17H,4-6,9-11,13H2,1-3H3. The molecule has 1 aromatic rings. The van der Waals surface area contributed by atoms with Gasteiger partial charge >= 0.3 is 0 Å². The Labute approximate surface area is 122 Å². The molecular formula is C16H27NO3. The van der Waals surface area contributed by atoms with E-state index in [0.29, 0.717) is 6.61 Å². The predicted octanol–water partition coefficient (Wildman–Crippen LogP) is 3.00. The Morgan fingerprint density at radius 3 is 2.65 bits per heavy atom. The number of hydrogen-bond acceptors (Lipinski definition) is 4. The molecule has 20 heavy (non-hydrogen) atoms. The molecule has 0 saturated carbocycles. The molecule has 0 fully saturated rings. The van der Waals surface area contributed by atoms with Crippen molar-refractivity contribution in [3.05, 3.63) is 23.8 Å². The maximum Gasteiger partial charge on any atom is 0.161 e. The summed E-state index contributed by atoms with van der Waals surface area (Å²) in [6, 6.07) is 6.05. The SMILES string of the molecule is CCCOCCCNCc1ccc(OCC)c(OC)c1. The number of ether oxygens (including phenoxy) is 3. The monoisotopic (exact) mass is 281 g/mol. The van der Waals surface area contributed by atoms with Crippen LogP contribution < -0.4 is 14.8 Å². The average molecular weight is 281 g/mol. The lowest BCUT2D eigenvalue weighted by molar-refractivity contribution is 0.132. The molecule has 0 spiro atoms. The van der Waals surface area contributed by atoms with Crippen molar-refractivity contribution in [2.45, 2.75) is 33.2 Å². The van der Waals surface area contributed by atoms with Gasteiger partial charge in [0.1, 0.15) is 0 Å². The second-order valence-electron chi connectivity index (χ2n) is 4.56. The largest absolute Gasteiger partial charge is 0.493 e. The molecule has 1 N–H and O–H groups in total. The molecule has 0 aliphatic carbocycles. The Balaban J connectivity index is 2.29. The van der Waals surface area contributed by atoms with Gasteiger partial charge in [-0.2, -0.15) is 0 Å². The van der Waals surface area contributed by atoms with Crippen LogP contribution in [0.1, 0.15) is 32.3 Å². The summed E-state index contributed by atoms with van der Waals surface area (Å²) in [7, 11) is 1.67. The maximum absolute atomic E-state index is 5.50. The third-order valence-corrected chi connectivity index (χ3v) is 2.85. The average Bonchev–Trinajstić information content (AvgIpc) is 2.48. The van der Waals surface area contributed by atoms with Gasteiger partial charge in [-0.05, 0) is 44.0 Å². The van der Waals surface area contributed by atoms with Crippen molar-refractivity contribution < 1.29 is 14.2 Å². The van der Waals surface area contributed by atoms with Gasteiger partial charge in [-0.15, -0.1) is 0 Å². The third kappa shape index (κ3) is 6.26. The van der Waals surface area contributed by atoms with Crippen LogP contribution in [-0.4, -0.2) is 33.5 Å². The molecule has 0 amide bonds. The van der Waals surface area contributed by atoms with E-state index >= 15 is 0 Å². The zero-order chi connectivity index (χ0) is 14.6. The van der Waals surface area contributed by atoms with Crippen LogP contribution in [0.4, 0.5) is 0 Å². The summed E-state index contributed by atoms with van der Waals surface area (Å²) in [5, 5.41) is 3.40. The van der Waals surface area contributed by atoms with Crippen molar-refractivity contribution in [2.75, 3.05) is 33.5 Å². The number of hydrogen-bond donors (Lipinski definition) is 1. The van der Waals surface area contributed by atoms with Crippen molar-refractivity contribution in [2.24, 2.45) is 0 Å². The van der Waals surface area contributed by atoms with Crippen LogP contribution in [0, 0.1) is 0 Å². The second-order valence-corrected chi connectivity index (χ2v) is 4.56. The van der Waals surface area contributed by atoms with E-state index in [-0.39, 0.29) is 0 Å². The maximum atomic E-state index is 5.50. The molecule has 114 valence electrons. The van der Waals surface area contributed by atoms with E-state index in [1.807, 2.05) is 19.1 Å². The molecule has 0 aromatic heterocycles. The second kappa shape index (κ2) is 10.5. The van der Waals surface area contributed by atoms with Crippen LogP contribution in [-0.2, 0) is 11.3 Å². The highest BCUT2D eigenvalue weighted by molar-refractivity contribution is 5.42. The Bertz CT molecular complexity index is 369. The molecule has 0 atom stereocenters. The minimum Gasteiger partial charge on any atom is -0.493 e. The first-order chi connectivity index (χ1) is 9.81. The van der Waals surface area contributed by atoms with Gasteiger partial charge in [-0.1, -0.05) is 13.0 Å². The van der Waals surface area contributed by atoms with Crippen LogP contribution in [0.2, 0.25) is 0 Å². The summed E-state index contributed by atoms with van der Waals surface area (Å²) in [6.07, 6.45) is 2.12. The smallest absolute Gasteiger partial charge is 0.161 e. The van der Waals surface area contributed by atoms with Crippen molar-refractivity contribution in [1.82, 2.24) is 5.32 Å². The molecule has 0 bridgehead atoms. The third-order valence-electron chi connectivity index (χ3n) is 2.85. The fraction of sp³-hybridized carbons (Fsp3) is 0.625. The highest BCUT2D eigenvalue weighted by atomic mass is 16.5. The van der Waals surface area contributed by atoms with E-state index in [4.69, 9.17) is 14.2 Å². The first-order valence-corrected chi connectivity index (χ1v) is 7.40. The number of methoxy groups -OCH3 is 1. The fourth-order valence-electron chi connectivity index (χ4n) is 1.88. The Hall–Kier alpha value is -1.26.